The van der Waals surface area contributed by atoms with E-state index in [0.29, 0.717) is 35.2 Å². The minimum atomic E-state index is -0.911. The van der Waals surface area contributed by atoms with Crippen LogP contribution in [-0.4, -0.2) is 40.1 Å². The van der Waals surface area contributed by atoms with Gasteiger partial charge < -0.3 is 14.8 Å². The van der Waals surface area contributed by atoms with Crippen molar-refractivity contribution < 1.29 is 19.1 Å². The van der Waals surface area contributed by atoms with E-state index in [1.165, 1.54) is 4.90 Å². The third-order valence-corrected chi connectivity index (χ3v) is 6.62. The first-order valence-electron chi connectivity index (χ1n) is 12.8. The number of benzene rings is 3. The molecule has 9 heteroatoms. The van der Waals surface area contributed by atoms with E-state index in [1.54, 1.807) is 22.9 Å². The molecular formula is C29H31N5O4. The van der Waals surface area contributed by atoms with E-state index in [2.05, 4.69) is 29.5 Å². The van der Waals surface area contributed by atoms with Gasteiger partial charge in [-0.25, -0.2) is 4.68 Å². The molecule has 196 valence electrons. The van der Waals surface area contributed by atoms with Crippen LogP contribution in [0.5, 0.6) is 11.5 Å². The number of hydrogen-bond acceptors (Lipinski definition) is 6. The molecule has 0 radical (unpaired) electrons. The maximum absolute atomic E-state index is 14.2. The van der Waals surface area contributed by atoms with Gasteiger partial charge in [0.25, 0.3) is 0 Å². The molecule has 0 fully saturated rings. The first-order chi connectivity index (χ1) is 18.4. The largest absolute Gasteiger partial charge is 0.454 e. The second kappa shape index (κ2) is 10.9. The molecule has 1 atom stereocenters. The fourth-order valence-corrected chi connectivity index (χ4v) is 4.58. The Morgan fingerprint density at radius 1 is 1.03 bits per heavy atom. The quantitative estimate of drug-likeness (QED) is 0.356. The summed E-state index contributed by atoms with van der Waals surface area (Å²) in [6.07, 6.45) is 0.829. The zero-order valence-electron chi connectivity index (χ0n) is 21.8. The third kappa shape index (κ3) is 5.18. The molecule has 1 unspecified atom stereocenters. The summed E-state index contributed by atoms with van der Waals surface area (Å²) in [4.78, 5) is 29.5. The standard InChI is InChI=1S/C29H31N5O4/c1-19(2)14-15-30-29(36)28(22-9-5-4-8-20(22)3)34(21-12-13-25-26(16-21)38-18-37-25)27(35)17-33-24-11-7-6-10-23(24)31-32-33/h4-13,16,19,28H,14-15,17-18H2,1-3H3,(H,30,36). The lowest BCUT2D eigenvalue weighted by Gasteiger charge is -2.32. The number of para-hydroxylation sites is 1. The Morgan fingerprint density at radius 2 is 1.79 bits per heavy atom. The summed E-state index contributed by atoms with van der Waals surface area (Å²) >= 11 is 0. The van der Waals surface area contributed by atoms with E-state index in [9.17, 15) is 9.59 Å². The Morgan fingerprint density at radius 3 is 2.61 bits per heavy atom. The van der Waals surface area contributed by atoms with Gasteiger partial charge in [0, 0.05) is 18.3 Å². The molecule has 1 aromatic heterocycles. The fourth-order valence-electron chi connectivity index (χ4n) is 4.58. The van der Waals surface area contributed by atoms with Gasteiger partial charge in [0.05, 0.1) is 5.52 Å². The van der Waals surface area contributed by atoms with Crippen molar-refractivity contribution in [1.29, 1.82) is 0 Å². The molecule has 0 aliphatic carbocycles. The van der Waals surface area contributed by atoms with Crippen LogP contribution in [0.25, 0.3) is 11.0 Å². The number of ether oxygens (including phenoxy) is 2. The molecule has 4 aromatic rings. The molecular weight excluding hydrogens is 482 g/mol. The van der Waals surface area contributed by atoms with Gasteiger partial charge in [-0.05, 0) is 54.7 Å². The predicted octanol–water partition coefficient (Wildman–Crippen LogP) is 4.41. The van der Waals surface area contributed by atoms with Crippen molar-refractivity contribution in [1.82, 2.24) is 20.3 Å². The number of aryl methyl sites for hydroxylation is 1. The summed E-state index contributed by atoms with van der Waals surface area (Å²) in [5.41, 5.74) is 3.60. The number of nitrogens with zero attached hydrogens (tertiary/aromatic N) is 4. The van der Waals surface area contributed by atoms with Crippen molar-refractivity contribution in [2.45, 2.75) is 39.8 Å². The van der Waals surface area contributed by atoms with Gasteiger partial charge >= 0.3 is 0 Å². The zero-order chi connectivity index (χ0) is 26.6. The van der Waals surface area contributed by atoms with Gasteiger partial charge in [-0.1, -0.05) is 55.5 Å². The molecule has 5 rings (SSSR count). The van der Waals surface area contributed by atoms with Gasteiger partial charge in [-0.2, -0.15) is 0 Å². The SMILES string of the molecule is Cc1ccccc1C(C(=O)NCCC(C)C)N(C(=O)Cn1nnc2ccccc21)c1ccc2c(c1)OCO2. The number of nitrogens with one attached hydrogen (secondary N) is 1. The molecule has 2 amide bonds. The fraction of sp³-hybridized carbons (Fsp3) is 0.310. The molecule has 1 N–H and O–H groups in total. The van der Waals surface area contributed by atoms with Gasteiger partial charge in [0.15, 0.2) is 11.5 Å². The van der Waals surface area contributed by atoms with Gasteiger partial charge in [-0.15, -0.1) is 5.10 Å². The highest BCUT2D eigenvalue weighted by Gasteiger charge is 2.35. The number of rotatable bonds is 9. The lowest BCUT2D eigenvalue weighted by Crippen LogP contribution is -2.46. The van der Waals surface area contributed by atoms with Crippen molar-refractivity contribution in [2.75, 3.05) is 18.2 Å². The van der Waals surface area contributed by atoms with Gasteiger partial charge in [-0.3, -0.25) is 14.5 Å². The first-order valence-corrected chi connectivity index (χ1v) is 12.8. The van der Waals surface area contributed by atoms with Crippen molar-refractivity contribution >= 4 is 28.5 Å². The molecule has 38 heavy (non-hydrogen) atoms. The van der Waals surface area contributed by atoms with Gasteiger partial charge in [0.1, 0.15) is 18.1 Å². The summed E-state index contributed by atoms with van der Waals surface area (Å²) in [7, 11) is 0. The minimum Gasteiger partial charge on any atom is -0.454 e. The van der Waals surface area contributed by atoms with E-state index in [-0.39, 0.29) is 25.2 Å². The average Bonchev–Trinajstić information content (AvgIpc) is 3.54. The highest BCUT2D eigenvalue weighted by molar-refractivity contribution is 6.02. The van der Waals surface area contributed by atoms with E-state index < -0.39 is 6.04 Å². The number of aromatic nitrogens is 3. The molecule has 1 aliphatic rings. The highest BCUT2D eigenvalue weighted by Crippen LogP contribution is 2.38. The van der Waals surface area contributed by atoms with Crippen LogP contribution in [0.2, 0.25) is 0 Å². The minimum absolute atomic E-state index is 0.101. The third-order valence-electron chi connectivity index (χ3n) is 6.62. The van der Waals surface area contributed by atoms with Crippen LogP contribution in [-0.2, 0) is 16.1 Å². The highest BCUT2D eigenvalue weighted by atomic mass is 16.7. The molecule has 1 aliphatic heterocycles. The second-order valence-corrected chi connectivity index (χ2v) is 9.77. The van der Waals surface area contributed by atoms with E-state index in [1.807, 2.05) is 55.5 Å². The van der Waals surface area contributed by atoms with Crippen LogP contribution in [0.4, 0.5) is 5.69 Å². The van der Waals surface area contributed by atoms with Crippen LogP contribution < -0.4 is 19.7 Å². The van der Waals surface area contributed by atoms with Crippen LogP contribution in [0.1, 0.15) is 37.4 Å². The molecule has 0 spiro atoms. The Hall–Kier alpha value is -4.40. The summed E-state index contributed by atoms with van der Waals surface area (Å²) in [6.45, 7) is 6.67. The molecule has 0 saturated carbocycles. The predicted molar refractivity (Wildman–Crippen MR) is 144 cm³/mol. The normalized spacial score (nSPS) is 13.1. The summed E-state index contributed by atoms with van der Waals surface area (Å²) < 4.78 is 12.7. The molecule has 2 heterocycles. The lowest BCUT2D eigenvalue weighted by atomic mass is 9.98. The van der Waals surface area contributed by atoms with Crippen LogP contribution in [0.3, 0.4) is 0 Å². The Bertz CT molecular complexity index is 1460. The molecule has 9 nitrogen and oxygen atoms in total. The van der Waals surface area contributed by atoms with E-state index in [4.69, 9.17) is 9.47 Å². The average molecular weight is 514 g/mol. The molecule has 0 saturated heterocycles. The van der Waals surface area contributed by atoms with Crippen molar-refractivity contribution in [3.63, 3.8) is 0 Å². The van der Waals surface area contributed by atoms with E-state index >= 15 is 0 Å². The second-order valence-electron chi connectivity index (χ2n) is 9.77. The first kappa shape index (κ1) is 25.3. The maximum atomic E-state index is 14.2. The number of fused-ring (bicyclic) bond motifs is 2. The number of carbonyl (C=O) groups excluding carboxylic acids is 2. The molecule has 3 aromatic carbocycles. The topological polar surface area (TPSA) is 98.6 Å². The maximum Gasteiger partial charge on any atom is 0.249 e. The number of hydrogen-bond donors (Lipinski definition) is 1. The zero-order valence-corrected chi connectivity index (χ0v) is 21.8. The van der Waals surface area contributed by atoms with Crippen LogP contribution in [0, 0.1) is 12.8 Å². The Labute approximate surface area is 221 Å². The summed E-state index contributed by atoms with van der Waals surface area (Å²) in [5.74, 6) is 0.980. The van der Waals surface area contributed by atoms with Crippen LogP contribution >= 0.6 is 0 Å². The van der Waals surface area contributed by atoms with Crippen molar-refractivity contribution in [3.8, 4) is 11.5 Å². The van der Waals surface area contributed by atoms with Crippen molar-refractivity contribution in [2.24, 2.45) is 5.92 Å². The lowest BCUT2D eigenvalue weighted by molar-refractivity contribution is -0.127. The number of amides is 2. The Kier molecular flexibility index (Phi) is 7.26. The van der Waals surface area contributed by atoms with E-state index in [0.717, 1.165) is 23.1 Å². The summed E-state index contributed by atoms with van der Waals surface area (Å²) in [6, 6.07) is 19.5. The Balaban J connectivity index is 1.58. The number of carbonyl (C=O) groups is 2. The number of anilines is 1. The van der Waals surface area contributed by atoms with Crippen molar-refractivity contribution in [3.05, 3.63) is 77.9 Å². The molecule has 0 bridgehead atoms. The monoisotopic (exact) mass is 513 g/mol. The van der Waals surface area contributed by atoms with Gasteiger partial charge in [0.2, 0.25) is 18.6 Å². The van der Waals surface area contributed by atoms with Crippen LogP contribution in [0.15, 0.2) is 66.7 Å². The summed E-state index contributed by atoms with van der Waals surface area (Å²) in [5, 5.41) is 11.5. The smallest absolute Gasteiger partial charge is 0.249 e.